The number of aryl methyl sites for hydroxylation is 1. The Morgan fingerprint density at radius 2 is 2.15 bits per heavy atom. The quantitative estimate of drug-likeness (QED) is 0.644. The minimum atomic E-state index is -0.202. The summed E-state index contributed by atoms with van der Waals surface area (Å²) in [6.07, 6.45) is 8.55. The van der Waals surface area contributed by atoms with Crippen molar-refractivity contribution in [2.24, 2.45) is 0 Å². The summed E-state index contributed by atoms with van der Waals surface area (Å²) in [5, 5.41) is 2.92. The van der Waals surface area contributed by atoms with Gasteiger partial charge in [0.15, 0.2) is 0 Å². The molecule has 0 spiro atoms. The molecule has 26 heavy (non-hydrogen) atoms. The van der Waals surface area contributed by atoms with E-state index in [2.05, 4.69) is 22.2 Å². The molecule has 0 aliphatic carbocycles. The van der Waals surface area contributed by atoms with Gasteiger partial charge in [-0.2, -0.15) is 0 Å². The molecule has 1 fully saturated rings. The maximum Gasteiger partial charge on any atom is 0.274 e. The summed E-state index contributed by atoms with van der Waals surface area (Å²) in [5.74, 6) is -0.229. The predicted octanol–water partition coefficient (Wildman–Crippen LogP) is 2.10. The van der Waals surface area contributed by atoms with Crippen LogP contribution in [0.15, 0.2) is 12.4 Å². The predicted molar refractivity (Wildman–Crippen MR) is 98.8 cm³/mol. The van der Waals surface area contributed by atoms with Crippen molar-refractivity contribution in [3.8, 4) is 0 Å². The van der Waals surface area contributed by atoms with Crippen molar-refractivity contribution in [1.82, 2.24) is 20.2 Å². The lowest BCUT2D eigenvalue weighted by atomic mass is 10.2. The number of nitrogens with zero attached hydrogens (tertiary/aromatic N) is 3. The first-order valence-electron chi connectivity index (χ1n) is 9.56. The fraction of sp³-hybridized carbons (Fsp3) is 0.684. The van der Waals surface area contributed by atoms with Crippen LogP contribution in [0.5, 0.6) is 0 Å². The number of carbonyl (C=O) groups excluding carboxylic acids is 2. The number of ether oxygens (including phenoxy) is 1. The molecule has 7 heteroatoms. The van der Waals surface area contributed by atoms with Crippen molar-refractivity contribution >= 4 is 11.8 Å². The minimum absolute atomic E-state index is 0.0266. The van der Waals surface area contributed by atoms with Crippen molar-refractivity contribution in [3.63, 3.8) is 0 Å². The first kappa shape index (κ1) is 20.3. The topological polar surface area (TPSA) is 84.4 Å². The molecule has 144 valence electrons. The zero-order valence-corrected chi connectivity index (χ0v) is 15.9. The van der Waals surface area contributed by atoms with Gasteiger partial charge in [0, 0.05) is 38.9 Å². The lowest BCUT2D eigenvalue weighted by Crippen LogP contribution is -2.40. The van der Waals surface area contributed by atoms with Crippen LogP contribution in [0.2, 0.25) is 0 Å². The summed E-state index contributed by atoms with van der Waals surface area (Å²) in [5.41, 5.74) is 1.07. The van der Waals surface area contributed by atoms with Crippen LogP contribution in [0, 0.1) is 6.92 Å². The Bertz CT molecular complexity index is 571. The molecular formula is C19H30N4O3. The number of carbonyl (C=O) groups is 2. The summed E-state index contributed by atoms with van der Waals surface area (Å²) in [7, 11) is 0. The highest BCUT2D eigenvalue weighted by Crippen LogP contribution is 2.15. The number of aromatic nitrogens is 2. The monoisotopic (exact) mass is 362 g/mol. The fourth-order valence-corrected chi connectivity index (χ4v) is 2.90. The summed E-state index contributed by atoms with van der Waals surface area (Å²) in [6.45, 7) is 6.22. The average molecular weight is 362 g/mol. The van der Waals surface area contributed by atoms with Crippen molar-refractivity contribution < 1.29 is 14.3 Å². The van der Waals surface area contributed by atoms with Gasteiger partial charge in [0.05, 0.1) is 18.0 Å². The van der Waals surface area contributed by atoms with Gasteiger partial charge in [-0.25, -0.2) is 4.98 Å². The molecule has 0 radical (unpaired) electrons. The largest absolute Gasteiger partial charge is 0.376 e. The van der Waals surface area contributed by atoms with Crippen LogP contribution in [0.1, 0.15) is 61.6 Å². The highest BCUT2D eigenvalue weighted by atomic mass is 16.5. The van der Waals surface area contributed by atoms with E-state index in [1.54, 1.807) is 11.1 Å². The van der Waals surface area contributed by atoms with Gasteiger partial charge in [0.1, 0.15) is 5.69 Å². The standard InChI is InChI=1S/C19H30N4O3/c1-3-4-5-9-20-18(24)8-10-23(14-16-7-6-11-26-16)19(25)17-13-21-15(2)12-22-17/h12-13,16H,3-11,14H2,1-2H3,(H,20,24)/t16-/m1/s1. The third-order valence-electron chi connectivity index (χ3n) is 4.45. The van der Waals surface area contributed by atoms with E-state index >= 15 is 0 Å². The molecule has 1 aliphatic heterocycles. The molecule has 1 aromatic rings. The van der Waals surface area contributed by atoms with Gasteiger partial charge in [-0.3, -0.25) is 14.6 Å². The second-order valence-corrected chi connectivity index (χ2v) is 6.74. The normalized spacial score (nSPS) is 16.5. The Labute approximate surface area is 155 Å². The van der Waals surface area contributed by atoms with Crippen LogP contribution in [0.4, 0.5) is 0 Å². The van der Waals surface area contributed by atoms with Crippen molar-refractivity contribution in [2.45, 2.75) is 58.5 Å². The Morgan fingerprint density at radius 1 is 1.31 bits per heavy atom. The molecule has 1 saturated heterocycles. The zero-order chi connectivity index (χ0) is 18.8. The summed E-state index contributed by atoms with van der Waals surface area (Å²) in [6, 6.07) is 0. The van der Waals surface area contributed by atoms with E-state index in [1.165, 1.54) is 6.20 Å². The Balaban J connectivity index is 1.91. The van der Waals surface area contributed by atoms with E-state index in [1.807, 2.05) is 6.92 Å². The van der Waals surface area contributed by atoms with Gasteiger partial charge in [0.2, 0.25) is 5.91 Å². The Morgan fingerprint density at radius 3 is 2.81 bits per heavy atom. The molecule has 2 amide bonds. The SMILES string of the molecule is CCCCCNC(=O)CCN(C[C@H]1CCCO1)C(=O)c1cnc(C)cn1. The fourth-order valence-electron chi connectivity index (χ4n) is 2.90. The second kappa shape index (κ2) is 10.9. The molecule has 1 aliphatic rings. The van der Waals surface area contributed by atoms with Crippen molar-refractivity contribution in [3.05, 3.63) is 23.8 Å². The smallest absolute Gasteiger partial charge is 0.274 e. The number of nitrogens with one attached hydrogen (secondary N) is 1. The molecular weight excluding hydrogens is 332 g/mol. The lowest BCUT2D eigenvalue weighted by Gasteiger charge is -2.25. The van der Waals surface area contributed by atoms with Gasteiger partial charge in [-0.05, 0) is 26.2 Å². The van der Waals surface area contributed by atoms with E-state index in [-0.39, 0.29) is 24.3 Å². The van der Waals surface area contributed by atoms with E-state index in [0.717, 1.165) is 44.4 Å². The van der Waals surface area contributed by atoms with Gasteiger partial charge >= 0.3 is 0 Å². The van der Waals surface area contributed by atoms with Crippen LogP contribution >= 0.6 is 0 Å². The van der Waals surface area contributed by atoms with Crippen molar-refractivity contribution in [1.29, 1.82) is 0 Å². The molecule has 7 nitrogen and oxygen atoms in total. The van der Waals surface area contributed by atoms with E-state index in [4.69, 9.17) is 4.74 Å². The Kier molecular flexibility index (Phi) is 8.47. The molecule has 1 aromatic heterocycles. The van der Waals surface area contributed by atoms with Crippen LogP contribution in [-0.4, -0.2) is 59.0 Å². The molecule has 1 atom stereocenters. The Hall–Kier alpha value is -2.02. The molecule has 0 unspecified atom stereocenters. The molecule has 2 rings (SSSR count). The average Bonchev–Trinajstić information content (AvgIpc) is 3.15. The molecule has 0 saturated carbocycles. The van der Waals surface area contributed by atoms with Gasteiger partial charge in [-0.15, -0.1) is 0 Å². The highest BCUT2D eigenvalue weighted by Gasteiger charge is 2.24. The maximum atomic E-state index is 12.8. The minimum Gasteiger partial charge on any atom is -0.376 e. The molecule has 0 bridgehead atoms. The van der Waals surface area contributed by atoms with E-state index in [9.17, 15) is 9.59 Å². The lowest BCUT2D eigenvalue weighted by molar-refractivity contribution is -0.121. The summed E-state index contributed by atoms with van der Waals surface area (Å²) < 4.78 is 5.66. The van der Waals surface area contributed by atoms with E-state index < -0.39 is 0 Å². The number of unbranched alkanes of at least 4 members (excludes halogenated alkanes) is 2. The van der Waals surface area contributed by atoms with E-state index in [0.29, 0.717) is 25.3 Å². The number of hydrogen-bond donors (Lipinski definition) is 1. The van der Waals surface area contributed by atoms with Gasteiger partial charge in [0.25, 0.3) is 5.91 Å². The van der Waals surface area contributed by atoms with Crippen LogP contribution < -0.4 is 5.32 Å². The highest BCUT2D eigenvalue weighted by molar-refractivity contribution is 5.92. The first-order chi connectivity index (χ1) is 12.6. The molecule has 0 aromatic carbocycles. The number of hydrogen-bond acceptors (Lipinski definition) is 5. The first-order valence-corrected chi connectivity index (χ1v) is 9.56. The molecule has 2 heterocycles. The summed E-state index contributed by atoms with van der Waals surface area (Å²) >= 11 is 0. The van der Waals surface area contributed by atoms with Gasteiger partial charge in [-0.1, -0.05) is 19.8 Å². The summed E-state index contributed by atoms with van der Waals surface area (Å²) in [4.78, 5) is 34.8. The zero-order valence-electron chi connectivity index (χ0n) is 15.9. The second-order valence-electron chi connectivity index (χ2n) is 6.74. The third kappa shape index (κ3) is 6.71. The number of amides is 2. The third-order valence-corrected chi connectivity index (χ3v) is 4.45. The van der Waals surface area contributed by atoms with Crippen LogP contribution in [0.3, 0.4) is 0 Å². The molecule has 1 N–H and O–H groups in total. The number of rotatable bonds is 10. The maximum absolute atomic E-state index is 12.8. The van der Waals surface area contributed by atoms with Crippen LogP contribution in [-0.2, 0) is 9.53 Å². The van der Waals surface area contributed by atoms with Crippen molar-refractivity contribution in [2.75, 3.05) is 26.2 Å². The van der Waals surface area contributed by atoms with Crippen LogP contribution in [0.25, 0.3) is 0 Å². The van der Waals surface area contributed by atoms with Gasteiger partial charge < -0.3 is 15.0 Å².